The minimum atomic E-state index is 0.773. The standard InChI is InChI=1S/C17H22BrN3S2/c1-20(2)9-5-10-21(13-16-8-4-11-23-16)17(22)19-15-7-3-6-14(18)12-15/h3-4,6-8,11-12H,5,9-10,13H2,1-2H3,(H,19,22). The van der Waals surface area contributed by atoms with E-state index in [-0.39, 0.29) is 0 Å². The number of hydrogen-bond acceptors (Lipinski definition) is 3. The molecule has 3 nitrogen and oxygen atoms in total. The summed E-state index contributed by atoms with van der Waals surface area (Å²) >= 11 is 10.9. The van der Waals surface area contributed by atoms with Gasteiger partial charge in [0.25, 0.3) is 0 Å². The lowest BCUT2D eigenvalue weighted by molar-refractivity contribution is 0.347. The normalized spacial score (nSPS) is 10.8. The van der Waals surface area contributed by atoms with Crippen LogP contribution in [0.5, 0.6) is 0 Å². The fourth-order valence-electron chi connectivity index (χ4n) is 2.19. The Hall–Kier alpha value is -0.950. The first-order chi connectivity index (χ1) is 11.0. The number of halogens is 1. The van der Waals surface area contributed by atoms with E-state index in [1.807, 2.05) is 24.3 Å². The molecule has 0 atom stereocenters. The quantitative estimate of drug-likeness (QED) is 0.667. The van der Waals surface area contributed by atoms with E-state index in [4.69, 9.17) is 12.2 Å². The van der Waals surface area contributed by atoms with Gasteiger partial charge in [-0.15, -0.1) is 11.3 Å². The third kappa shape index (κ3) is 6.59. The molecule has 0 bridgehead atoms. The van der Waals surface area contributed by atoms with Crippen LogP contribution in [0, 0.1) is 0 Å². The maximum absolute atomic E-state index is 5.64. The number of hydrogen-bond donors (Lipinski definition) is 1. The molecule has 1 aromatic carbocycles. The summed E-state index contributed by atoms with van der Waals surface area (Å²) in [6, 6.07) is 12.3. The lowest BCUT2D eigenvalue weighted by atomic mass is 10.3. The highest BCUT2D eigenvalue weighted by atomic mass is 79.9. The second-order valence-electron chi connectivity index (χ2n) is 5.60. The molecule has 1 heterocycles. The molecule has 23 heavy (non-hydrogen) atoms. The molecule has 0 spiro atoms. The maximum atomic E-state index is 5.64. The molecule has 0 radical (unpaired) electrons. The minimum Gasteiger partial charge on any atom is -0.344 e. The van der Waals surface area contributed by atoms with Gasteiger partial charge in [-0.1, -0.05) is 28.1 Å². The zero-order valence-electron chi connectivity index (χ0n) is 13.5. The van der Waals surface area contributed by atoms with Gasteiger partial charge in [0.2, 0.25) is 0 Å². The molecule has 0 aliphatic rings. The van der Waals surface area contributed by atoms with E-state index in [0.29, 0.717) is 0 Å². The SMILES string of the molecule is CN(C)CCCN(Cc1cccs1)C(=S)Nc1cccc(Br)c1. The fourth-order valence-corrected chi connectivity index (χ4v) is 3.58. The predicted molar refractivity (Wildman–Crippen MR) is 108 cm³/mol. The Kier molecular flexibility index (Phi) is 7.49. The summed E-state index contributed by atoms with van der Waals surface area (Å²) in [5.41, 5.74) is 1.01. The number of thiocarbonyl (C=S) groups is 1. The van der Waals surface area contributed by atoms with Crippen LogP contribution in [0.2, 0.25) is 0 Å². The second kappa shape index (κ2) is 9.37. The molecule has 6 heteroatoms. The molecular weight excluding hydrogens is 390 g/mol. The number of nitrogens with one attached hydrogen (secondary N) is 1. The topological polar surface area (TPSA) is 18.5 Å². The summed E-state index contributed by atoms with van der Waals surface area (Å²) in [5, 5.41) is 6.23. The first-order valence-electron chi connectivity index (χ1n) is 7.53. The molecule has 0 saturated heterocycles. The summed E-state index contributed by atoms with van der Waals surface area (Å²) in [7, 11) is 4.20. The van der Waals surface area contributed by atoms with Crippen LogP contribution in [0.3, 0.4) is 0 Å². The van der Waals surface area contributed by atoms with Gasteiger partial charge in [-0.2, -0.15) is 0 Å². The molecule has 2 aromatic rings. The predicted octanol–water partition coefficient (Wildman–Crippen LogP) is 4.66. The number of anilines is 1. The number of thiophene rings is 1. The van der Waals surface area contributed by atoms with Crippen LogP contribution in [0.4, 0.5) is 5.69 Å². The van der Waals surface area contributed by atoms with Crippen molar-refractivity contribution in [3.8, 4) is 0 Å². The maximum Gasteiger partial charge on any atom is 0.173 e. The lowest BCUT2D eigenvalue weighted by Gasteiger charge is -2.26. The zero-order chi connectivity index (χ0) is 16.7. The first kappa shape index (κ1) is 18.4. The number of benzene rings is 1. The van der Waals surface area contributed by atoms with Gasteiger partial charge in [-0.25, -0.2) is 0 Å². The third-order valence-electron chi connectivity index (χ3n) is 3.32. The van der Waals surface area contributed by atoms with Crippen molar-refractivity contribution < 1.29 is 0 Å². The average molecular weight is 412 g/mol. The van der Waals surface area contributed by atoms with Crippen LogP contribution in [-0.4, -0.2) is 42.1 Å². The van der Waals surface area contributed by atoms with Crippen LogP contribution in [-0.2, 0) is 6.54 Å². The van der Waals surface area contributed by atoms with E-state index >= 15 is 0 Å². The highest BCUT2D eigenvalue weighted by Crippen LogP contribution is 2.18. The Morgan fingerprint density at radius 1 is 1.22 bits per heavy atom. The Balaban J connectivity index is 2.00. The second-order valence-corrected chi connectivity index (χ2v) is 7.93. The van der Waals surface area contributed by atoms with E-state index < -0.39 is 0 Å². The monoisotopic (exact) mass is 411 g/mol. The van der Waals surface area contributed by atoms with Gasteiger partial charge in [0.05, 0.1) is 6.54 Å². The number of nitrogens with zero attached hydrogens (tertiary/aromatic N) is 2. The van der Waals surface area contributed by atoms with Crippen molar-refractivity contribution in [2.24, 2.45) is 0 Å². The minimum absolute atomic E-state index is 0.773. The smallest absolute Gasteiger partial charge is 0.173 e. The van der Waals surface area contributed by atoms with E-state index in [1.54, 1.807) is 11.3 Å². The highest BCUT2D eigenvalue weighted by molar-refractivity contribution is 9.10. The van der Waals surface area contributed by atoms with Crippen molar-refractivity contribution in [3.05, 3.63) is 51.1 Å². The van der Waals surface area contributed by atoms with Gasteiger partial charge in [0.1, 0.15) is 0 Å². The van der Waals surface area contributed by atoms with Gasteiger partial charge in [-0.05, 0) is 68.9 Å². The van der Waals surface area contributed by atoms with E-state index in [1.165, 1.54) is 4.88 Å². The highest BCUT2D eigenvalue weighted by Gasteiger charge is 2.11. The fraction of sp³-hybridized carbons (Fsp3) is 0.353. The molecule has 0 amide bonds. The Morgan fingerprint density at radius 3 is 2.70 bits per heavy atom. The van der Waals surface area contributed by atoms with Gasteiger partial charge in [0, 0.05) is 21.6 Å². The van der Waals surface area contributed by atoms with Crippen molar-refractivity contribution in [1.29, 1.82) is 0 Å². The Labute approximate surface area is 156 Å². The van der Waals surface area contributed by atoms with Gasteiger partial charge in [0.15, 0.2) is 5.11 Å². The van der Waals surface area contributed by atoms with Gasteiger partial charge < -0.3 is 15.1 Å². The molecule has 0 fully saturated rings. The molecule has 2 rings (SSSR count). The Morgan fingerprint density at radius 2 is 2.04 bits per heavy atom. The molecule has 1 N–H and O–H groups in total. The summed E-state index contributed by atoms with van der Waals surface area (Å²) in [6.07, 6.45) is 1.08. The summed E-state index contributed by atoms with van der Waals surface area (Å²) in [5.74, 6) is 0. The van der Waals surface area contributed by atoms with E-state index in [0.717, 1.165) is 41.3 Å². The first-order valence-corrected chi connectivity index (χ1v) is 9.61. The van der Waals surface area contributed by atoms with Crippen LogP contribution < -0.4 is 5.32 Å². The van der Waals surface area contributed by atoms with Gasteiger partial charge >= 0.3 is 0 Å². The molecule has 0 saturated carbocycles. The summed E-state index contributed by atoms with van der Waals surface area (Å²) in [6.45, 7) is 2.85. The zero-order valence-corrected chi connectivity index (χ0v) is 16.7. The van der Waals surface area contributed by atoms with Crippen molar-refractivity contribution in [1.82, 2.24) is 9.80 Å². The average Bonchev–Trinajstić information content (AvgIpc) is 2.99. The molecule has 0 aliphatic heterocycles. The van der Waals surface area contributed by atoms with Gasteiger partial charge in [-0.3, -0.25) is 0 Å². The van der Waals surface area contributed by atoms with Crippen LogP contribution in [0.1, 0.15) is 11.3 Å². The molecule has 1 aromatic heterocycles. The van der Waals surface area contributed by atoms with Crippen molar-refractivity contribution >= 4 is 50.3 Å². The molecular formula is C17H22BrN3S2. The van der Waals surface area contributed by atoms with E-state index in [9.17, 15) is 0 Å². The van der Waals surface area contributed by atoms with Crippen molar-refractivity contribution in [2.75, 3.05) is 32.5 Å². The van der Waals surface area contributed by atoms with Crippen molar-refractivity contribution in [2.45, 2.75) is 13.0 Å². The largest absolute Gasteiger partial charge is 0.344 e. The number of rotatable bonds is 7. The van der Waals surface area contributed by atoms with Crippen molar-refractivity contribution in [3.63, 3.8) is 0 Å². The third-order valence-corrected chi connectivity index (χ3v) is 5.04. The molecule has 0 unspecified atom stereocenters. The van der Waals surface area contributed by atoms with Crippen LogP contribution in [0.15, 0.2) is 46.3 Å². The lowest BCUT2D eigenvalue weighted by Crippen LogP contribution is -2.36. The summed E-state index contributed by atoms with van der Waals surface area (Å²) < 4.78 is 1.04. The van der Waals surface area contributed by atoms with E-state index in [2.05, 4.69) is 62.7 Å². The Bertz CT molecular complexity index is 614. The van der Waals surface area contributed by atoms with Crippen LogP contribution in [0.25, 0.3) is 0 Å². The molecule has 124 valence electrons. The summed E-state index contributed by atoms with van der Waals surface area (Å²) in [4.78, 5) is 5.77. The van der Waals surface area contributed by atoms with Crippen LogP contribution >= 0.6 is 39.5 Å². The molecule has 0 aliphatic carbocycles.